The lowest BCUT2D eigenvalue weighted by molar-refractivity contribution is 0.287. The molecule has 0 saturated heterocycles. The van der Waals surface area contributed by atoms with Gasteiger partial charge in [-0.2, -0.15) is 5.10 Å². The van der Waals surface area contributed by atoms with Crippen molar-refractivity contribution in [2.75, 3.05) is 11.6 Å². The van der Waals surface area contributed by atoms with Gasteiger partial charge in [-0.15, -0.1) is 0 Å². The van der Waals surface area contributed by atoms with E-state index in [-0.39, 0.29) is 5.63 Å². The molecule has 0 amide bonds. The Morgan fingerprint density at radius 1 is 1.04 bits per heavy atom. The molecule has 0 unspecified atom stereocenters. The Balaban J connectivity index is 1.62. The Bertz CT molecular complexity index is 1240. The van der Waals surface area contributed by atoms with Crippen LogP contribution in [0.25, 0.3) is 16.7 Å². The van der Waals surface area contributed by atoms with E-state index in [9.17, 15) is 4.79 Å². The molecule has 2 aromatic carbocycles. The zero-order valence-electron chi connectivity index (χ0n) is 15.7. The monoisotopic (exact) mass is 373 g/mol. The molecule has 0 aliphatic carbocycles. The summed E-state index contributed by atoms with van der Waals surface area (Å²) in [6.07, 6.45) is 0. The third-order valence-electron chi connectivity index (χ3n) is 5.04. The van der Waals surface area contributed by atoms with Crippen LogP contribution in [-0.4, -0.2) is 16.5 Å². The van der Waals surface area contributed by atoms with Crippen molar-refractivity contribution in [1.29, 1.82) is 0 Å². The maximum atomic E-state index is 11.9. The van der Waals surface area contributed by atoms with Crippen molar-refractivity contribution in [3.8, 4) is 11.4 Å². The van der Waals surface area contributed by atoms with Gasteiger partial charge in [0.25, 0.3) is 0 Å². The van der Waals surface area contributed by atoms with Crippen LogP contribution in [0.5, 0.6) is 5.75 Å². The number of fused-ring (bicyclic) bond motifs is 3. The minimum Gasteiger partial charge on any atom is -0.473 e. The van der Waals surface area contributed by atoms with Crippen molar-refractivity contribution in [2.45, 2.75) is 20.4 Å². The Hall–Kier alpha value is -3.54. The van der Waals surface area contributed by atoms with E-state index in [4.69, 9.17) is 9.15 Å². The molecule has 6 nitrogen and oxygen atoms in total. The maximum absolute atomic E-state index is 11.9. The number of para-hydroxylation sites is 1. The Morgan fingerprint density at radius 3 is 2.68 bits per heavy atom. The highest BCUT2D eigenvalue weighted by Crippen LogP contribution is 2.35. The number of hydrogen-bond acceptors (Lipinski definition) is 5. The van der Waals surface area contributed by atoms with Crippen LogP contribution >= 0.6 is 0 Å². The third-order valence-corrected chi connectivity index (χ3v) is 5.04. The predicted molar refractivity (Wildman–Crippen MR) is 107 cm³/mol. The molecular formula is C22H19N3O3. The molecule has 3 heterocycles. The summed E-state index contributed by atoms with van der Waals surface area (Å²) in [4.78, 5) is 14.0. The first-order chi connectivity index (χ1) is 13.6. The number of aryl methyl sites for hydroxylation is 2. The van der Waals surface area contributed by atoms with Gasteiger partial charge < -0.3 is 14.1 Å². The highest BCUT2D eigenvalue weighted by molar-refractivity contribution is 5.85. The minimum atomic E-state index is -0.347. The lowest BCUT2D eigenvalue weighted by Crippen LogP contribution is -2.33. The third kappa shape index (κ3) is 2.65. The van der Waals surface area contributed by atoms with Gasteiger partial charge in [0.2, 0.25) is 0 Å². The predicted octanol–water partition coefficient (Wildman–Crippen LogP) is 3.95. The zero-order chi connectivity index (χ0) is 19.3. The average molecular weight is 373 g/mol. The fourth-order valence-electron chi connectivity index (χ4n) is 3.71. The molecule has 1 aliphatic heterocycles. The second kappa shape index (κ2) is 6.27. The molecule has 0 spiro atoms. The van der Waals surface area contributed by atoms with Gasteiger partial charge in [0.1, 0.15) is 17.2 Å². The van der Waals surface area contributed by atoms with Gasteiger partial charge in [0, 0.05) is 17.5 Å². The Kier molecular flexibility index (Phi) is 3.72. The van der Waals surface area contributed by atoms with E-state index in [1.54, 1.807) is 0 Å². The Morgan fingerprint density at radius 2 is 1.86 bits per heavy atom. The lowest BCUT2D eigenvalue weighted by Gasteiger charge is -2.31. The van der Waals surface area contributed by atoms with E-state index in [1.807, 2.05) is 67.1 Å². The van der Waals surface area contributed by atoms with Crippen molar-refractivity contribution >= 4 is 16.8 Å². The topological polar surface area (TPSA) is 60.5 Å². The van der Waals surface area contributed by atoms with E-state index in [0.29, 0.717) is 18.9 Å². The number of anilines is 1. The molecule has 5 rings (SSSR count). The number of aromatic nitrogens is 2. The average Bonchev–Trinajstić information content (AvgIpc) is 3.10. The van der Waals surface area contributed by atoms with E-state index < -0.39 is 0 Å². The van der Waals surface area contributed by atoms with E-state index in [0.717, 1.165) is 39.5 Å². The minimum absolute atomic E-state index is 0.347. The van der Waals surface area contributed by atoms with Crippen LogP contribution in [0.2, 0.25) is 0 Å². The summed E-state index contributed by atoms with van der Waals surface area (Å²) in [5.41, 5.74) is 3.93. The largest absolute Gasteiger partial charge is 0.473 e. The number of rotatable bonds is 2. The van der Waals surface area contributed by atoms with E-state index >= 15 is 0 Å². The number of ether oxygens (including phenoxy) is 1. The molecular weight excluding hydrogens is 354 g/mol. The fourth-order valence-corrected chi connectivity index (χ4v) is 3.71. The SMILES string of the molecule is Cc1cc(N2COc3ccc4c(C)cc(=O)oc4c3C2)n(-c2ccccc2)n1. The second-order valence-electron chi connectivity index (χ2n) is 7.03. The van der Waals surface area contributed by atoms with Crippen LogP contribution in [0.1, 0.15) is 16.8 Å². The fraction of sp³-hybridized carbons (Fsp3) is 0.182. The summed E-state index contributed by atoms with van der Waals surface area (Å²) in [7, 11) is 0. The van der Waals surface area contributed by atoms with Crippen LogP contribution < -0.4 is 15.3 Å². The summed E-state index contributed by atoms with van der Waals surface area (Å²) in [5.74, 6) is 1.68. The molecule has 28 heavy (non-hydrogen) atoms. The Labute approximate surface area is 161 Å². The van der Waals surface area contributed by atoms with Gasteiger partial charge in [0.05, 0.1) is 23.5 Å². The van der Waals surface area contributed by atoms with E-state index in [1.165, 1.54) is 6.07 Å². The molecule has 1 aliphatic rings. The van der Waals surface area contributed by atoms with Crippen LogP contribution in [0.15, 0.2) is 63.8 Å². The van der Waals surface area contributed by atoms with Crippen LogP contribution in [0.3, 0.4) is 0 Å². The molecule has 2 aromatic heterocycles. The highest BCUT2D eigenvalue weighted by Gasteiger charge is 2.25. The first-order valence-corrected chi connectivity index (χ1v) is 9.16. The van der Waals surface area contributed by atoms with Gasteiger partial charge in [-0.3, -0.25) is 0 Å². The van der Waals surface area contributed by atoms with Crippen molar-refractivity contribution in [1.82, 2.24) is 9.78 Å². The highest BCUT2D eigenvalue weighted by atomic mass is 16.5. The van der Waals surface area contributed by atoms with Crippen molar-refractivity contribution in [2.24, 2.45) is 0 Å². The van der Waals surface area contributed by atoms with Crippen molar-refractivity contribution < 1.29 is 9.15 Å². The molecule has 140 valence electrons. The summed E-state index contributed by atoms with van der Waals surface area (Å²) < 4.78 is 13.5. The normalized spacial score (nSPS) is 13.4. The standard InChI is InChI=1S/C22H19N3O3/c1-14-10-21(26)28-22-17(14)8-9-19-18(22)12-24(13-27-19)20-11-15(2)23-25(20)16-6-4-3-5-7-16/h3-11H,12-13H2,1-2H3. The smallest absolute Gasteiger partial charge is 0.336 e. The molecule has 6 heteroatoms. The quantitative estimate of drug-likeness (QED) is 0.498. The summed E-state index contributed by atoms with van der Waals surface area (Å²) >= 11 is 0. The summed E-state index contributed by atoms with van der Waals surface area (Å²) in [5, 5.41) is 5.58. The number of nitrogens with zero attached hydrogens (tertiary/aromatic N) is 3. The molecule has 0 fully saturated rings. The van der Waals surface area contributed by atoms with Crippen LogP contribution in [-0.2, 0) is 6.54 Å². The van der Waals surface area contributed by atoms with Crippen molar-refractivity contribution in [3.63, 3.8) is 0 Å². The van der Waals surface area contributed by atoms with E-state index in [2.05, 4.69) is 10.00 Å². The van der Waals surface area contributed by atoms with Gasteiger partial charge in [0.15, 0.2) is 6.73 Å². The zero-order valence-corrected chi connectivity index (χ0v) is 15.7. The second-order valence-corrected chi connectivity index (χ2v) is 7.03. The maximum Gasteiger partial charge on any atom is 0.336 e. The molecule has 0 N–H and O–H groups in total. The van der Waals surface area contributed by atoms with Gasteiger partial charge >= 0.3 is 5.63 Å². The molecule has 0 radical (unpaired) electrons. The first kappa shape index (κ1) is 16.6. The number of hydrogen-bond donors (Lipinski definition) is 0. The molecule has 0 saturated carbocycles. The molecule has 0 atom stereocenters. The van der Waals surface area contributed by atoms with Crippen molar-refractivity contribution in [3.05, 3.63) is 81.8 Å². The van der Waals surface area contributed by atoms with Crippen LogP contribution in [0.4, 0.5) is 5.82 Å². The lowest BCUT2D eigenvalue weighted by atomic mass is 10.1. The van der Waals surface area contributed by atoms with Crippen LogP contribution in [0, 0.1) is 13.8 Å². The summed E-state index contributed by atoms with van der Waals surface area (Å²) in [6, 6.07) is 17.4. The van der Waals surface area contributed by atoms with Gasteiger partial charge in [-0.25, -0.2) is 9.48 Å². The molecule has 0 bridgehead atoms. The first-order valence-electron chi connectivity index (χ1n) is 9.16. The number of benzene rings is 2. The van der Waals surface area contributed by atoms with Gasteiger partial charge in [-0.05, 0) is 43.7 Å². The van der Waals surface area contributed by atoms with Gasteiger partial charge in [-0.1, -0.05) is 18.2 Å². The summed E-state index contributed by atoms with van der Waals surface area (Å²) in [6.45, 7) is 4.85. The molecule has 4 aromatic rings.